The molecule has 0 aliphatic carbocycles. The minimum absolute atomic E-state index is 0.0308. The Labute approximate surface area is 134 Å². The number of hydrogen-bond acceptors (Lipinski definition) is 4. The molecule has 116 valence electrons. The van der Waals surface area contributed by atoms with Crippen LogP contribution in [0.25, 0.3) is 16.3 Å². The van der Waals surface area contributed by atoms with Crippen LogP contribution >= 0.6 is 11.3 Å². The Balaban J connectivity index is 1.62. The molecule has 1 atom stereocenters. The third-order valence-corrected chi connectivity index (χ3v) is 5.21. The molecule has 1 aliphatic heterocycles. The predicted octanol–water partition coefficient (Wildman–Crippen LogP) is 2.93. The molecular weight excluding hydrogens is 296 g/mol. The third kappa shape index (κ3) is 3.36. The molecule has 22 heavy (non-hydrogen) atoms. The van der Waals surface area contributed by atoms with E-state index in [2.05, 4.69) is 4.98 Å². The Morgan fingerprint density at radius 2 is 2.14 bits per heavy atom. The van der Waals surface area contributed by atoms with Crippen molar-refractivity contribution in [2.24, 2.45) is 5.92 Å². The molecule has 1 amide bonds. The van der Waals surface area contributed by atoms with Crippen molar-refractivity contribution >= 4 is 33.5 Å². The van der Waals surface area contributed by atoms with E-state index in [1.54, 1.807) is 23.5 Å². The highest BCUT2D eigenvalue weighted by molar-refractivity contribution is 7.19. The Kier molecular flexibility index (Phi) is 4.55. The first kappa shape index (κ1) is 15.2. The van der Waals surface area contributed by atoms with Gasteiger partial charge in [0, 0.05) is 19.2 Å². The molecule has 4 nitrogen and oxygen atoms in total. The first-order valence-electron chi connectivity index (χ1n) is 7.64. The fourth-order valence-corrected chi connectivity index (χ4v) is 3.68. The lowest BCUT2D eigenvalue weighted by Crippen LogP contribution is -2.39. The van der Waals surface area contributed by atoms with Gasteiger partial charge in [-0.15, -0.1) is 11.3 Å². The van der Waals surface area contributed by atoms with Crippen LogP contribution in [0.4, 0.5) is 0 Å². The van der Waals surface area contributed by atoms with Gasteiger partial charge in [-0.25, -0.2) is 4.98 Å². The van der Waals surface area contributed by atoms with Gasteiger partial charge in [0.25, 0.3) is 0 Å². The summed E-state index contributed by atoms with van der Waals surface area (Å²) in [6.07, 6.45) is 4.88. The van der Waals surface area contributed by atoms with Crippen molar-refractivity contribution in [1.29, 1.82) is 0 Å². The summed E-state index contributed by atoms with van der Waals surface area (Å²) < 4.78 is 1.13. The van der Waals surface area contributed by atoms with Crippen LogP contribution in [0.5, 0.6) is 0 Å². The molecule has 0 saturated carbocycles. The lowest BCUT2D eigenvalue weighted by atomic mass is 9.92. The topological polar surface area (TPSA) is 53.4 Å². The van der Waals surface area contributed by atoms with Crippen molar-refractivity contribution in [2.75, 3.05) is 13.1 Å². The Bertz CT molecular complexity index is 652. The van der Waals surface area contributed by atoms with Crippen molar-refractivity contribution in [3.63, 3.8) is 0 Å². The van der Waals surface area contributed by atoms with Crippen molar-refractivity contribution < 1.29 is 9.90 Å². The number of benzene rings is 1. The van der Waals surface area contributed by atoms with Gasteiger partial charge in [0.05, 0.1) is 16.3 Å². The predicted molar refractivity (Wildman–Crippen MR) is 89.6 cm³/mol. The van der Waals surface area contributed by atoms with Crippen LogP contribution in [-0.4, -0.2) is 40.1 Å². The Morgan fingerprint density at radius 3 is 2.82 bits per heavy atom. The molecule has 1 aliphatic rings. The molecule has 2 aromatic rings. The van der Waals surface area contributed by atoms with Gasteiger partial charge < -0.3 is 10.0 Å². The number of aliphatic hydroxyl groups excluding tert-OH is 1. The van der Waals surface area contributed by atoms with Crippen LogP contribution in [-0.2, 0) is 4.79 Å². The lowest BCUT2D eigenvalue weighted by Gasteiger charge is -2.32. The summed E-state index contributed by atoms with van der Waals surface area (Å²) in [6, 6.07) is 7.97. The van der Waals surface area contributed by atoms with Gasteiger partial charge in [0.2, 0.25) is 5.91 Å². The standard InChI is InChI=1S/C17H20N2O2S/c1-12(20)13-8-10-19(11-9-13)17(21)7-6-16-18-14-4-2-3-5-15(14)22-16/h2-7,12-13,20H,8-11H2,1H3. The summed E-state index contributed by atoms with van der Waals surface area (Å²) in [7, 11) is 0. The van der Waals surface area contributed by atoms with E-state index in [0.29, 0.717) is 5.92 Å². The molecule has 5 heteroatoms. The number of fused-ring (bicyclic) bond motifs is 1. The number of carbonyl (C=O) groups excluding carboxylic acids is 1. The van der Waals surface area contributed by atoms with E-state index in [4.69, 9.17) is 0 Å². The van der Waals surface area contributed by atoms with Crippen molar-refractivity contribution in [3.05, 3.63) is 35.3 Å². The Morgan fingerprint density at radius 1 is 1.41 bits per heavy atom. The number of para-hydroxylation sites is 1. The molecular formula is C17H20N2O2S. The van der Waals surface area contributed by atoms with Gasteiger partial charge in [-0.05, 0) is 43.9 Å². The zero-order valence-corrected chi connectivity index (χ0v) is 13.4. The number of hydrogen-bond donors (Lipinski definition) is 1. The van der Waals surface area contributed by atoms with Gasteiger partial charge in [-0.3, -0.25) is 4.79 Å². The number of amides is 1. The summed E-state index contributed by atoms with van der Waals surface area (Å²) in [6.45, 7) is 3.27. The number of aliphatic hydroxyl groups is 1. The van der Waals surface area contributed by atoms with Crippen LogP contribution in [0.1, 0.15) is 24.8 Å². The summed E-state index contributed by atoms with van der Waals surface area (Å²) in [5.41, 5.74) is 0.970. The molecule has 1 N–H and O–H groups in total. The molecule has 1 aromatic carbocycles. The van der Waals surface area contributed by atoms with E-state index in [9.17, 15) is 9.90 Å². The molecule has 0 spiro atoms. The SMILES string of the molecule is CC(O)C1CCN(C(=O)C=Cc2nc3ccccc3s2)CC1. The van der Waals surface area contributed by atoms with Crippen LogP contribution in [0.15, 0.2) is 30.3 Å². The average Bonchev–Trinajstić information content (AvgIpc) is 2.95. The third-order valence-electron chi connectivity index (χ3n) is 4.21. The summed E-state index contributed by atoms with van der Waals surface area (Å²) in [5, 5.41) is 10.5. The van der Waals surface area contributed by atoms with E-state index in [1.807, 2.05) is 36.1 Å². The van der Waals surface area contributed by atoms with Crippen LogP contribution in [0.2, 0.25) is 0 Å². The Hall–Kier alpha value is -1.72. The van der Waals surface area contributed by atoms with Crippen molar-refractivity contribution in [1.82, 2.24) is 9.88 Å². The summed E-state index contributed by atoms with van der Waals surface area (Å²) in [4.78, 5) is 18.6. The minimum Gasteiger partial charge on any atom is -0.393 e. The van der Waals surface area contributed by atoms with E-state index in [-0.39, 0.29) is 12.0 Å². The fraction of sp³-hybridized carbons (Fsp3) is 0.412. The van der Waals surface area contributed by atoms with E-state index in [1.165, 1.54) is 0 Å². The van der Waals surface area contributed by atoms with E-state index in [0.717, 1.165) is 41.2 Å². The van der Waals surface area contributed by atoms with Gasteiger partial charge in [-0.2, -0.15) is 0 Å². The highest BCUT2D eigenvalue weighted by Crippen LogP contribution is 2.23. The largest absolute Gasteiger partial charge is 0.393 e. The maximum atomic E-state index is 12.2. The van der Waals surface area contributed by atoms with E-state index >= 15 is 0 Å². The fourth-order valence-electron chi connectivity index (χ4n) is 2.81. The van der Waals surface area contributed by atoms with Gasteiger partial charge in [-0.1, -0.05) is 12.1 Å². The monoisotopic (exact) mass is 316 g/mol. The average molecular weight is 316 g/mol. The van der Waals surface area contributed by atoms with Gasteiger partial charge in [0.1, 0.15) is 5.01 Å². The summed E-state index contributed by atoms with van der Waals surface area (Å²) >= 11 is 1.59. The normalized spacial score (nSPS) is 18.2. The number of piperidine rings is 1. The number of likely N-dealkylation sites (tertiary alicyclic amines) is 1. The van der Waals surface area contributed by atoms with Crippen molar-refractivity contribution in [3.8, 4) is 0 Å². The second-order valence-electron chi connectivity index (χ2n) is 5.76. The van der Waals surface area contributed by atoms with Crippen LogP contribution < -0.4 is 0 Å². The maximum absolute atomic E-state index is 12.2. The molecule has 0 radical (unpaired) electrons. The molecule has 1 fully saturated rings. The molecule has 2 heterocycles. The highest BCUT2D eigenvalue weighted by Gasteiger charge is 2.24. The second kappa shape index (κ2) is 6.58. The second-order valence-corrected chi connectivity index (χ2v) is 6.82. The number of thiazole rings is 1. The van der Waals surface area contributed by atoms with Gasteiger partial charge >= 0.3 is 0 Å². The van der Waals surface area contributed by atoms with E-state index < -0.39 is 0 Å². The lowest BCUT2D eigenvalue weighted by molar-refractivity contribution is -0.127. The number of aromatic nitrogens is 1. The number of carbonyl (C=O) groups is 1. The highest BCUT2D eigenvalue weighted by atomic mass is 32.1. The number of nitrogens with zero attached hydrogens (tertiary/aromatic N) is 2. The minimum atomic E-state index is -0.282. The molecule has 1 unspecified atom stereocenters. The molecule has 0 bridgehead atoms. The van der Waals surface area contributed by atoms with Gasteiger partial charge in [0.15, 0.2) is 0 Å². The van der Waals surface area contributed by atoms with Crippen LogP contribution in [0, 0.1) is 5.92 Å². The first-order chi connectivity index (χ1) is 10.6. The summed E-state index contributed by atoms with van der Waals surface area (Å²) in [5.74, 6) is 0.348. The quantitative estimate of drug-likeness (QED) is 0.886. The maximum Gasteiger partial charge on any atom is 0.246 e. The molecule has 1 aromatic heterocycles. The molecule has 3 rings (SSSR count). The zero-order chi connectivity index (χ0) is 15.5. The molecule has 1 saturated heterocycles. The van der Waals surface area contributed by atoms with Crippen LogP contribution in [0.3, 0.4) is 0 Å². The smallest absolute Gasteiger partial charge is 0.246 e. The number of rotatable bonds is 3. The first-order valence-corrected chi connectivity index (χ1v) is 8.46. The van der Waals surface area contributed by atoms with Crippen molar-refractivity contribution in [2.45, 2.75) is 25.9 Å². The zero-order valence-electron chi connectivity index (χ0n) is 12.6.